The van der Waals surface area contributed by atoms with E-state index in [0.29, 0.717) is 47.1 Å². The quantitative estimate of drug-likeness (QED) is 0.453. The van der Waals surface area contributed by atoms with Crippen molar-refractivity contribution >= 4 is 43.2 Å². The summed E-state index contributed by atoms with van der Waals surface area (Å²) in [5.41, 5.74) is 1.41. The number of halogens is 2. The largest absolute Gasteiger partial charge is 0.240 e. The Balaban J connectivity index is 1.68. The van der Waals surface area contributed by atoms with Gasteiger partial charge in [0.2, 0.25) is 20.0 Å². The first-order valence-corrected chi connectivity index (χ1v) is 13.3. The van der Waals surface area contributed by atoms with Gasteiger partial charge in [-0.15, -0.1) is 0 Å². The number of nitrogens with one attached hydrogen (secondary N) is 2. The first kappa shape index (κ1) is 25.1. The average molecular weight is 493 g/mol. The van der Waals surface area contributed by atoms with Crippen molar-refractivity contribution in [2.75, 3.05) is 13.1 Å². The lowest BCUT2D eigenvalue weighted by Gasteiger charge is -2.09. The Kier molecular flexibility index (Phi) is 9.14. The van der Waals surface area contributed by atoms with Crippen molar-refractivity contribution in [1.29, 1.82) is 0 Å². The smallest absolute Gasteiger partial charge is 0.211 e. The summed E-state index contributed by atoms with van der Waals surface area (Å²) in [6.45, 7) is 4.15. The summed E-state index contributed by atoms with van der Waals surface area (Å²) in [7, 11) is -7.13. The minimum atomic E-state index is -3.56. The second-order valence-corrected chi connectivity index (χ2v) is 11.4. The van der Waals surface area contributed by atoms with Gasteiger partial charge in [0.25, 0.3) is 0 Å². The van der Waals surface area contributed by atoms with Gasteiger partial charge in [0.05, 0.1) is 9.79 Å². The van der Waals surface area contributed by atoms with Crippen LogP contribution in [-0.2, 0) is 20.0 Å². The minimum absolute atomic E-state index is 0.191. The highest BCUT2D eigenvalue weighted by Gasteiger charge is 2.15. The van der Waals surface area contributed by atoms with Gasteiger partial charge in [0.15, 0.2) is 0 Å². The fourth-order valence-electron chi connectivity index (χ4n) is 2.75. The van der Waals surface area contributed by atoms with Crippen molar-refractivity contribution in [1.82, 2.24) is 9.44 Å². The molecule has 2 aromatic rings. The van der Waals surface area contributed by atoms with E-state index in [0.717, 1.165) is 12.8 Å². The molecule has 0 saturated heterocycles. The molecule has 0 aliphatic carbocycles. The molecular formula is C20H26Cl2N2O4S2. The van der Waals surface area contributed by atoms with E-state index in [9.17, 15) is 16.8 Å². The summed E-state index contributed by atoms with van der Waals surface area (Å²) < 4.78 is 54.3. The van der Waals surface area contributed by atoms with E-state index in [-0.39, 0.29) is 9.79 Å². The number of benzene rings is 2. The van der Waals surface area contributed by atoms with Crippen LogP contribution in [0.4, 0.5) is 0 Å². The molecular weight excluding hydrogens is 467 g/mol. The molecule has 30 heavy (non-hydrogen) atoms. The molecule has 0 unspecified atom stereocenters. The summed E-state index contributed by atoms with van der Waals surface area (Å²) in [4.78, 5) is 0.382. The highest BCUT2D eigenvalue weighted by Crippen LogP contribution is 2.20. The highest BCUT2D eigenvalue weighted by atomic mass is 35.5. The summed E-state index contributed by atoms with van der Waals surface area (Å²) in [5, 5.41) is 1.05. The molecule has 0 aromatic heterocycles. The summed E-state index contributed by atoms with van der Waals surface area (Å²) in [5.74, 6) is 0. The summed E-state index contributed by atoms with van der Waals surface area (Å²) >= 11 is 11.9. The lowest BCUT2D eigenvalue weighted by molar-refractivity contribution is 0.562. The van der Waals surface area contributed by atoms with Crippen LogP contribution in [0.1, 0.15) is 36.8 Å². The molecule has 2 N–H and O–H groups in total. The van der Waals surface area contributed by atoms with Gasteiger partial charge >= 0.3 is 0 Å². The molecule has 0 fully saturated rings. The van der Waals surface area contributed by atoms with Crippen LogP contribution < -0.4 is 9.44 Å². The molecule has 166 valence electrons. The zero-order chi connectivity index (χ0) is 22.4. The molecule has 0 aliphatic rings. The highest BCUT2D eigenvalue weighted by molar-refractivity contribution is 7.89. The van der Waals surface area contributed by atoms with E-state index >= 15 is 0 Å². The van der Waals surface area contributed by atoms with Crippen molar-refractivity contribution in [2.24, 2.45) is 0 Å². The Bertz CT molecular complexity index is 1000. The maximum Gasteiger partial charge on any atom is 0.240 e. The number of aryl methyl sites for hydroxylation is 2. The Hall–Kier alpha value is -1.16. The fraction of sp³-hybridized carbons (Fsp3) is 0.400. The number of sulfonamides is 2. The Labute approximate surface area is 189 Å². The molecule has 0 atom stereocenters. The normalized spacial score (nSPS) is 12.3. The van der Waals surface area contributed by atoms with Gasteiger partial charge in [-0.3, -0.25) is 0 Å². The summed E-state index contributed by atoms with van der Waals surface area (Å²) in [6.07, 6.45) is 2.89. The third-order valence-electron chi connectivity index (χ3n) is 4.57. The molecule has 2 rings (SSSR count). The molecule has 0 radical (unpaired) electrons. The first-order chi connectivity index (χ1) is 14.0. The van der Waals surface area contributed by atoms with Gasteiger partial charge in [-0.2, -0.15) is 0 Å². The molecule has 2 aromatic carbocycles. The van der Waals surface area contributed by atoms with Crippen molar-refractivity contribution in [3.05, 3.63) is 57.6 Å². The van der Waals surface area contributed by atoms with Crippen LogP contribution in [0, 0.1) is 13.8 Å². The second kappa shape index (κ2) is 10.9. The summed E-state index contributed by atoms with van der Waals surface area (Å²) in [6, 6.07) is 9.17. The van der Waals surface area contributed by atoms with Crippen molar-refractivity contribution in [3.63, 3.8) is 0 Å². The third-order valence-corrected chi connectivity index (χ3v) is 8.33. The number of rotatable bonds is 11. The molecule has 10 heteroatoms. The zero-order valence-corrected chi connectivity index (χ0v) is 20.1. The molecule has 0 spiro atoms. The Morgan fingerprint density at radius 1 is 0.667 bits per heavy atom. The molecule has 0 bridgehead atoms. The van der Waals surface area contributed by atoms with Crippen LogP contribution in [0.15, 0.2) is 46.2 Å². The van der Waals surface area contributed by atoms with Gasteiger partial charge in [-0.25, -0.2) is 26.3 Å². The van der Waals surface area contributed by atoms with Crippen LogP contribution >= 0.6 is 23.2 Å². The van der Waals surface area contributed by atoms with Crippen LogP contribution in [0.3, 0.4) is 0 Å². The van der Waals surface area contributed by atoms with E-state index < -0.39 is 20.0 Å². The van der Waals surface area contributed by atoms with E-state index in [1.807, 2.05) is 0 Å². The monoisotopic (exact) mass is 492 g/mol. The predicted octanol–water partition coefficient (Wildman–Crippen LogP) is 4.43. The van der Waals surface area contributed by atoms with Crippen LogP contribution in [0.5, 0.6) is 0 Å². The fourth-order valence-corrected chi connectivity index (χ4v) is 5.30. The number of unbranched alkanes of at least 4 members (excludes halogenated alkanes) is 3. The van der Waals surface area contributed by atoms with Gasteiger partial charge in [-0.05, 0) is 74.2 Å². The standard InChI is InChI=1S/C20H26Cl2N2O4S2/c1-15-13-17(7-9-19(15)21)29(25,26)23-11-5-3-4-6-12-24-30(27,28)18-8-10-20(22)16(2)14-18/h7-10,13-14,23-24H,3-6,11-12H2,1-2H3. The van der Waals surface area contributed by atoms with E-state index in [2.05, 4.69) is 9.44 Å². The Morgan fingerprint density at radius 2 is 1.03 bits per heavy atom. The van der Waals surface area contributed by atoms with Crippen LogP contribution in [0.2, 0.25) is 10.0 Å². The van der Waals surface area contributed by atoms with Crippen molar-refractivity contribution in [3.8, 4) is 0 Å². The topological polar surface area (TPSA) is 92.3 Å². The van der Waals surface area contributed by atoms with E-state index in [4.69, 9.17) is 23.2 Å². The lowest BCUT2D eigenvalue weighted by atomic mass is 10.2. The third kappa shape index (κ3) is 7.21. The second-order valence-electron chi connectivity index (χ2n) is 7.03. The molecule has 0 saturated carbocycles. The number of hydrogen-bond acceptors (Lipinski definition) is 4. The lowest BCUT2D eigenvalue weighted by Crippen LogP contribution is -2.25. The molecule has 0 heterocycles. The van der Waals surface area contributed by atoms with E-state index in [1.54, 1.807) is 38.1 Å². The van der Waals surface area contributed by atoms with Gasteiger partial charge in [0, 0.05) is 23.1 Å². The van der Waals surface area contributed by atoms with Gasteiger partial charge in [-0.1, -0.05) is 36.0 Å². The maximum absolute atomic E-state index is 12.3. The SMILES string of the molecule is Cc1cc(S(=O)(=O)NCCCCCCNS(=O)(=O)c2ccc(Cl)c(C)c2)ccc1Cl. The van der Waals surface area contributed by atoms with Gasteiger partial charge in [0.1, 0.15) is 0 Å². The van der Waals surface area contributed by atoms with Crippen molar-refractivity contribution < 1.29 is 16.8 Å². The van der Waals surface area contributed by atoms with Crippen molar-refractivity contribution in [2.45, 2.75) is 49.3 Å². The first-order valence-electron chi connectivity index (χ1n) is 9.54. The van der Waals surface area contributed by atoms with Crippen LogP contribution in [-0.4, -0.2) is 29.9 Å². The maximum atomic E-state index is 12.3. The Morgan fingerprint density at radius 3 is 1.37 bits per heavy atom. The molecule has 6 nitrogen and oxygen atoms in total. The minimum Gasteiger partial charge on any atom is -0.211 e. The zero-order valence-electron chi connectivity index (χ0n) is 16.9. The van der Waals surface area contributed by atoms with E-state index in [1.165, 1.54) is 12.1 Å². The molecule has 0 amide bonds. The average Bonchev–Trinajstić information content (AvgIpc) is 2.68. The molecule has 0 aliphatic heterocycles. The van der Waals surface area contributed by atoms with Crippen LogP contribution in [0.25, 0.3) is 0 Å². The predicted molar refractivity (Wildman–Crippen MR) is 121 cm³/mol. The number of hydrogen-bond donors (Lipinski definition) is 2. The van der Waals surface area contributed by atoms with Gasteiger partial charge < -0.3 is 0 Å².